The maximum atomic E-state index is 12.5. The number of carbonyl (C=O) groups is 2. The molecular formula is C16H24FIN4O2. The normalized spacial score (nSPS) is 30.6. The zero-order valence-electron chi connectivity index (χ0n) is 13.7. The highest BCUT2D eigenvalue weighted by Gasteiger charge is 2.58. The maximum Gasteiger partial charge on any atom is 0.233 e. The fourth-order valence-corrected chi connectivity index (χ4v) is 3.96. The zero-order valence-corrected chi connectivity index (χ0v) is 16.0. The van der Waals surface area contributed by atoms with Crippen LogP contribution >= 0.6 is 24.0 Å². The van der Waals surface area contributed by atoms with Gasteiger partial charge in [-0.05, 0) is 24.7 Å². The number of amides is 2. The molecule has 0 spiro atoms. The van der Waals surface area contributed by atoms with Gasteiger partial charge in [0, 0.05) is 26.7 Å². The summed E-state index contributed by atoms with van der Waals surface area (Å²) >= 11 is 0. The van der Waals surface area contributed by atoms with Crippen LogP contribution in [0.5, 0.6) is 0 Å². The minimum atomic E-state index is -0.375. The van der Waals surface area contributed by atoms with E-state index in [0.29, 0.717) is 32.0 Å². The number of imide groups is 1. The highest BCUT2D eigenvalue weighted by atomic mass is 127. The monoisotopic (exact) mass is 450 g/mol. The third-order valence-corrected chi connectivity index (χ3v) is 5.02. The number of alkyl halides is 1. The highest BCUT2D eigenvalue weighted by Crippen LogP contribution is 2.52. The quantitative estimate of drug-likeness (QED) is 0.158. The van der Waals surface area contributed by atoms with Gasteiger partial charge in [-0.1, -0.05) is 12.2 Å². The average Bonchev–Trinajstić information content (AvgIpc) is 3.22. The number of allylic oxidation sites excluding steroid dienone is 2. The standard InChI is InChI=1S/C16H23FN4O2.HI/c1-18-16(19-6-2-5-17)20-7-8-21-14(22)12-10-3-4-11(9-10)13(12)15(21)23;/h3-4,10-13H,2,5-9H2,1H3,(H2,18,19,20);1H. The molecule has 2 bridgehead atoms. The molecule has 2 fully saturated rings. The van der Waals surface area contributed by atoms with Gasteiger partial charge in [-0.15, -0.1) is 24.0 Å². The lowest BCUT2D eigenvalue weighted by molar-refractivity contribution is -0.140. The van der Waals surface area contributed by atoms with E-state index in [1.165, 1.54) is 4.90 Å². The predicted octanol–water partition coefficient (Wildman–Crippen LogP) is 0.936. The lowest BCUT2D eigenvalue weighted by atomic mass is 9.85. The van der Waals surface area contributed by atoms with Crippen LogP contribution in [-0.4, -0.2) is 56.0 Å². The fourth-order valence-electron chi connectivity index (χ4n) is 3.96. The fraction of sp³-hybridized carbons (Fsp3) is 0.688. The Labute approximate surface area is 158 Å². The van der Waals surface area contributed by atoms with Crippen LogP contribution < -0.4 is 10.6 Å². The number of carbonyl (C=O) groups excluding carboxylic acids is 2. The minimum Gasteiger partial charge on any atom is -0.356 e. The molecule has 1 saturated carbocycles. The van der Waals surface area contributed by atoms with Crippen molar-refractivity contribution in [3.63, 3.8) is 0 Å². The van der Waals surface area contributed by atoms with Gasteiger partial charge in [-0.3, -0.25) is 23.9 Å². The molecular weight excluding hydrogens is 426 g/mol. The first-order valence-corrected chi connectivity index (χ1v) is 8.21. The number of likely N-dealkylation sites (tertiary alicyclic amines) is 1. The summed E-state index contributed by atoms with van der Waals surface area (Å²) in [6.07, 6.45) is 5.55. The average molecular weight is 450 g/mol. The van der Waals surface area contributed by atoms with E-state index < -0.39 is 0 Å². The molecule has 0 aromatic carbocycles. The van der Waals surface area contributed by atoms with Crippen LogP contribution in [0.25, 0.3) is 0 Å². The molecule has 0 radical (unpaired) electrons. The molecule has 6 nitrogen and oxygen atoms in total. The number of rotatable bonds is 6. The number of aliphatic imine (C=N–C) groups is 1. The van der Waals surface area contributed by atoms with E-state index in [0.717, 1.165) is 6.42 Å². The molecule has 2 aliphatic carbocycles. The Balaban J connectivity index is 0.00000208. The Morgan fingerprint density at radius 1 is 1.21 bits per heavy atom. The van der Waals surface area contributed by atoms with E-state index in [4.69, 9.17) is 0 Å². The Kier molecular flexibility index (Phi) is 6.59. The predicted molar refractivity (Wildman–Crippen MR) is 99.8 cm³/mol. The number of fused-ring (bicyclic) bond motifs is 5. The molecule has 134 valence electrons. The van der Waals surface area contributed by atoms with E-state index in [2.05, 4.69) is 27.8 Å². The molecule has 4 atom stereocenters. The van der Waals surface area contributed by atoms with Crippen molar-refractivity contribution in [3.8, 4) is 0 Å². The second kappa shape index (κ2) is 8.26. The van der Waals surface area contributed by atoms with Crippen LogP contribution in [0.1, 0.15) is 12.8 Å². The summed E-state index contributed by atoms with van der Waals surface area (Å²) in [5.74, 6) is 0.709. The van der Waals surface area contributed by atoms with Crippen molar-refractivity contribution < 1.29 is 14.0 Å². The van der Waals surface area contributed by atoms with Crippen molar-refractivity contribution in [2.45, 2.75) is 12.8 Å². The first kappa shape index (κ1) is 19.1. The summed E-state index contributed by atoms with van der Waals surface area (Å²) < 4.78 is 12.1. The van der Waals surface area contributed by atoms with Gasteiger partial charge in [0.15, 0.2) is 5.96 Å². The summed E-state index contributed by atoms with van der Waals surface area (Å²) in [4.78, 5) is 30.4. The van der Waals surface area contributed by atoms with E-state index in [1.807, 2.05) is 0 Å². The van der Waals surface area contributed by atoms with Gasteiger partial charge >= 0.3 is 0 Å². The number of nitrogens with zero attached hydrogens (tertiary/aromatic N) is 2. The molecule has 3 rings (SSSR count). The van der Waals surface area contributed by atoms with Crippen molar-refractivity contribution in [2.75, 3.05) is 33.4 Å². The number of guanidine groups is 1. The van der Waals surface area contributed by atoms with Crippen molar-refractivity contribution in [2.24, 2.45) is 28.7 Å². The molecule has 3 aliphatic rings. The van der Waals surface area contributed by atoms with Crippen LogP contribution in [-0.2, 0) is 9.59 Å². The van der Waals surface area contributed by atoms with Crippen molar-refractivity contribution in [1.29, 1.82) is 0 Å². The summed E-state index contributed by atoms with van der Waals surface area (Å²) in [5, 5.41) is 6.04. The Hall–Kier alpha value is -1.19. The van der Waals surface area contributed by atoms with E-state index >= 15 is 0 Å². The van der Waals surface area contributed by atoms with Gasteiger partial charge in [0.05, 0.1) is 18.5 Å². The number of halogens is 2. The van der Waals surface area contributed by atoms with Crippen molar-refractivity contribution in [3.05, 3.63) is 12.2 Å². The molecule has 2 N–H and O–H groups in total. The largest absolute Gasteiger partial charge is 0.356 e. The van der Waals surface area contributed by atoms with E-state index in [9.17, 15) is 14.0 Å². The van der Waals surface area contributed by atoms with E-state index in [1.54, 1.807) is 7.05 Å². The van der Waals surface area contributed by atoms with Crippen molar-refractivity contribution in [1.82, 2.24) is 15.5 Å². The minimum absolute atomic E-state index is 0. The van der Waals surface area contributed by atoms with Gasteiger partial charge < -0.3 is 10.6 Å². The lowest BCUT2D eigenvalue weighted by Gasteiger charge is -2.18. The summed E-state index contributed by atoms with van der Waals surface area (Å²) in [6, 6.07) is 0. The van der Waals surface area contributed by atoms with Gasteiger partial charge in [0.1, 0.15) is 0 Å². The summed E-state index contributed by atoms with van der Waals surface area (Å²) in [7, 11) is 1.63. The molecule has 0 aromatic rings. The third kappa shape index (κ3) is 3.43. The van der Waals surface area contributed by atoms with Crippen LogP contribution in [0.2, 0.25) is 0 Å². The zero-order chi connectivity index (χ0) is 16.4. The summed E-state index contributed by atoms with van der Waals surface area (Å²) in [6.45, 7) is 0.903. The van der Waals surface area contributed by atoms with Gasteiger partial charge in [-0.2, -0.15) is 0 Å². The maximum absolute atomic E-state index is 12.5. The van der Waals surface area contributed by atoms with Crippen LogP contribution in [0.3, 0.4) is 0 Å². The molecule has 4 unspecified atom stereocenters. The molecule has 2 amide bonds. The first-order valence-electron chi connectivity index (χ1n) is 8.21. The van der Waals surface area contributed by atoms with Crippen LogP contribution in [0, 0.1) is 23.7 Å². The Morgan fingerprint density at radius 3 is 2.33 bits per heavy atom. The van der Waals surface area contributed by atoms with Gasteiger partial charge in [0.25, 0.3) is 0 Å². The molecule has 1 saturated heterocycles. The number of nitrogens with one attached hydrogen (secondary N) is 2. The highest BCUT2D eigenvalue weighted by molar-refractivity contribution is 14.0. The first-order chi connectivity index (χ1) is 11.2. The molecule has 1 heterocycles. The topological polar surface area (TPSA) is 73.8 Å². The van der Waals surface area contributed by atoms with Crippen molar-refractivity contribution >= 4 is 41.8 Å². The second-order valence-electron chi connectivity index (χ2n) is 6.30. The van der Waals surface area contributed by atoms with Gasteiger partial charge in [0.2, 0.25) is 11.8 Å². The number of hydrogen-bond donors (Lipinski definition) is 2. The molecule has 0 aromatic heterocycles. The molecule has 24 heavy (non-hydrogen) atoms. The molecule has 1 aliphatic heterocycles. The lowest BCUT2D eigenvalue weighted by Crippen LogP contribution is -2.44. The number of hydrogen-bond acceptors (Lipinski definition) is 3. The Morgan fingerprint density at radius 2 is 1.79 bits per heavy atom. The summed E-state index contributed by atoms with van der Waals surface area (Å²) in [5.41, 5.74) is 0. The van der Waals surface area contributed by atoms with Gasteiger partial charge in [-0.25, -0.2) is 0 Å². The SMILES string of the molecule is CN=C(NCCCF)NCCN1C(=O)C2C3C=CC(C3)C2C1=O.I. The van der Waals surface area contributed by atoms with Crippen LogP contribution in [0.4, 0.5) is 4.39 Å². The Bertz CT molecular complexity index is 524. The third-order valence-electron chi connectivity index (χ3n) is 5.02. The van der Waals surface area contributed by atoms with Crippen LogP contribution in [0.15, 0.2) is 17.1 Å². The van der Waals surface area contributed by atoms with E-state index in [-0.39, 0.29) is 66.1 Å². The molecule has 8 heteroatoms. The second-order valence-corrected chi connectivity index (χ2v) is 6.30. The smallest absolute Gasteiger partial charge is 0.233 e.